The van der Waals surface area contributed by atoms with Gasteiger partial charge in [0, 0.05) is 38.8 Å². The Morgan fingerprint density at radius 3 is 2.16 bits per heavy atom. The van der Waals surface area contributed by atoms with Crippen LogP contribution in [0.25, 0.3) is 0 Å². The van der Waals surface area contributed by atoms with Gasteiger partial charge in [0.25, 0.3) is 0 Å². The molecule has 112 valence electrons. The van der Waals surface area contributed by atoms with Crippen LogP contribution >= 0.6 is 0 Å². The highest BCUT2D eigenvalue weighted by Gasteiger charge is 2.28. The largest absolute Gasteiger partial charge is 0.340 e. The second-order valence-electron chi connectivity index (χ2n) is 6.18. The zero-order valence-corrected chi connectivity index (χ0v) is 13.1. The van der Waals surface area contributed by atoms with Gasteiger partial charge in [-0.05, 0) is 25.7 Å². The van der Waals surface area contributed by atoms with Crippen molar-refractivity contribution in [1.82, 2.24) is 9.80 Å². The predicted molar refractivity (Wildman–Crippen MR) is 79.9 cm³/mol. The van der Waals surface area contributed by atoms with Crippen LogP contribution in [0.15, 0.2) is 0 Å². The molecule has 0 aliphatic carbocycles. The van der Waals surface area contributed by atoms with Gasteiger partial charge in [-0.15, -0.1) is 0 Å². The second-order valence-corrected chi connectivity index (χ2v) is 6.18. The van der Waals surface area contributed by atoms with E-state index in [1.165, 1.54) is 6.42 Å². The van der Waals surface area contributed by atoms with Gasteiger partial charge in [-0.25, -0.2) is 0 Å². The summed E-state index contributed by atoms with van der Waals surface area (Å²) in [5, 5.41) is 0. The van der Waals surface area contributed by atoms with Crippen molar-refractivity contribution in [3.8, 4) is 0 Å². The Kier molecular flexibility index (Phi) is 6.80. The molecule has 1 saturated heterocycles. The maximum atomic E-state index is 12.4. The molecule has 1 aliphatic rings. The van der Waals surface area contributed by atoms with Gasteiger partial charge < -0.3 is 10.6 Å². The molecule has 2 unspecified atom stereocenters. The van der Waals surface area contributed by atoms with Gasteiger partial charge in [-0.2, -0.15) is 0 Å². The number of hydrogen-bond donors (Lipinski definition) is 1. The molecular formula is C15H31N3O. The topological polar surface area (TPSA) is 49.6 Å². The van der Waals surface area contributed by atoms with Gasteiger partial charge in [0.1, 0.15) is 0 Å². The van der Waals surface area contributed by atoms with E-state index >= 15 is 0 Å². The summed E-state index contributed by atoms with van der Waals surface area (Å²) in [5.41, 5.74) is 5.77. The number of nitrogens with two attached hydrogens (primary N) is 1. The molecule has 0 aromatic heterocycles. The van der Waals surface area contributed by atoms with Crippen LogP contribution in [-0.4, -0.2) is 54.5 Å². The number of carbonyl (C=O) groups is 1. The molecule has 1 amide bonds. The Labute approximate surface area is 118 Å². The Morgan fingerprint density at radius 1 is 1.16 bits per heavy atom. The molecule has 0 aromatic carbocycles. The number of carbonyl (C=O) groups excluding carboxylic acids is 1. The third-order valence-electron chi connectivity index (χ3n) is 4.23. The molecule has 4 nitrogen and oxygen atoms in total. The van der Waals surface area contributed by atoms with Crippen LogP contribution in [0.4, 0.5) is 0 Å². The van der Waals surface area contributed by atoms with E-state index in [0.29, 0.717) is 18.5 Å². The normalized spacial score (nSPS) is 20.6. The summed E-state index contributed by atoms with van der Waals surface area (Å²) in [7, 11) is 0. The second kappa shape index (κ2) is 7.85. The molecule has 0 saturated carbocycles. The van der Waals surface area contributed by atoms with Gasteiger partial charge in [0.05, 0.1) is 5.92 Å². The number of hydrogen-bond acceptors (Lipinski definition) is 3. The third kappa shape index (κ3) is 4.77. The van der Waals surface area contributed by atoms with E-state index in [1.54, 1.807) is 0 Å². The van der Waals surface area contributed by atoms with E-state index < -0.39 is 0 Å². The lowest BCUT2D eigenvalue weighted by Gasteiger charge is -2.39. The minimum absolute atomic E-state index is 0.00940. The first-order chi connectivity index (χ1) is 8.99. The molecule has 0 bridgehead atoms. The molecule has 1 fully saturated rings. The molecule has 1 aliphatic heterocycles. The first kappa shape index (κ1) is 16.4. The average Bonchev–Trinajstić information content (AvgIpc) is 2.43. The van der Waals surface area contributed by atoms with Gasteiger partial charge in [-0.1, -0.05) is 20.8 Å². The van der Waals surface area contributed by atoms with E-state index in [-0.39, 0.29) is 11.8 Å². The van der Waals surface area contributed by atoms with Crippen molar-refractivity contribution in [2.45, 2.75) is 46.6 Å². The van der Waals surface area contributed by atoms with Crippen LogP contribution < -0.4 is 5.73 Å². The van der Waals surface area contributed by atoms with Crippen molar-refractivity contribution in [2.75, 3.05) is 32.7 Å². The zero-order valence-electron chi connectivity index (χ0n) is 13.1. The van der Waals surface area contributed by atoms with Crippen LogP contribution in [0.2, 0.25) is 0 Å². The molecule has 1 rings (SSSR count). The fraction of sp³-hybridized carbons (Fsp3) is 0.933. The van der Waals surface area contributed by atoms with Gasteiger partial charge in [-0.3, -0.25) is 9.69 Å². The molecular weight excluding hydrogens is 238 g/mol. The Hall–Kier alpha value is -0.610. The first-order valence-corrected chi connectivity index (χ1v) is 7.72. The number of rotatable bonds is 6. The van der Waals surface area contributed by atoms with Gasteiger partial charge in [0.2, 0.25) is 5.91 Å². The quantitative estimate of drug-likeness (QED) is 0.796. The van der Waals surface area contributed by atoms with E-state index in [4.69, 9.17) is 5.73 Å². The highest BCUT2D eigenvalue weighted by molar-refractivity contribution is 5.79. The predicted octanol–water partition coefficient (Wildman–Crippen LogP) is 1.55. The summed E-state index contributed by atoms with van der Waals surface area (Å²) in [6.07, 6.45) is 2.08. The van der Waals surface area contributed by atoms with E-state index in [1.807, 2.05) is 4.90 Å². The van der Waals surface area contributed by atoms with E-state index in [0.717, 1.165) is 32.6 Å². The standard InChI is InChI=1S/C15H31N3O/c1-5-13(4)17-6-8-18(9-7-17)15(19)14(11-16)10-12(2)3/h12-14H,5-11,16H2,1-4H3. The number of amides is 1. The van der Waals surface area contributed by atoms with Crippen molar-refractivity contribution < 1.29 is 4.79 Å². The van der Waals surface area contributed by atoms with Gasteiger partial charge in [0.15, 0.2) is 0 Å². The lowest BCUT2D eigenvalue weighted by Crippen LogP contribution is -2.53. The van der Waals surface area contributed by atoms with Crippen molar-refractivity contribution in [3.05, 3.63) is 0 Å². The van der Waals surface area contributed by atoms with E-state index in [2.05, 4.69) is 32.6 Å². The number of piperazine rings is 1. The number of nitrogens with zero attached hydrogens (tertiary/aromatic N) is 2. The fourth-order valence-corrected chi connectivity index (χ4v) is 2.77. The van der Waals surface area contributed by atoms with Crippen LogP contribution in [0, 0.1) is 11.8 Å². The lowest BCUT2D eigenvalue weighted by atomic mass is 9.95. The van der Waals surface area contributed by atoms with Crippen molar-refractivity contribution in [3.63, 3.8) is 0 Å². The SMILES string of the molecule is CCC(C)N1CCN(C(=O)C(CN)CC(C)C)CC1. The molecule has 1 heterocycles. The third-order valence-corrected chi connectivity index (χ3v) is 4.23. The van der Waals surface area contributed by atoms with E-state index in [9.17, 15) is 4.79 Å². The summed E-state index contributed by atoms with van der Waals surface area (Å²) in [6, 6.07) is 0.623. The maximum absolute atomic E-state index is 12.4. The van der Waals surface area contributed by atoms with Crippen molar-refractivity contribution in [2.24, 2.45) is 17.6 Å². The summed E-state index contributed by atoms with van der Waals surface area (Å²) >= 11 is 0. The van der Waals surface area contributed by atoms with Gasteiger partial charge >= 0.3 is 0 Å². The molecule has 4 heteroatoms. The molecule has 0 spiro atoms. The Balaban J connectivity index is 2.47. The Morgan fingerprint density at radius 2 is 1.74 bits per heavy atom. The molecule has 2 N–H and O–H groups in total. The molecule has 0 radical (unpaired) electrons. The summed E-state index contributed by atoms with van der Waals surface area (Å²) < 4.78 is 0. The Bertz CT molecular complexity index is 273. The molecule has 0 aromatic rings. The summed E-state index contributed by atoms with van der Waals surface area (Å²) in [4.78, 5) is 16.9. The monoisotopic (exact) mass is 269 g/mol. The van der Waals surface area contributed by atoms with Crippen LogP contribution in [0.3, 0.4) is 0 Å². The van der Waals surface area contributed by atoms with Crippen molar-refractivity contribution in [1.29, 1.82) is 0 Å². The highest BCUT2D eigenvalue weighted by atomic mass is 16.2. The minimum Gasteiger partial charge on any atom is -0.340 e. The molecule has 19 heavy (non-hydrogen) atoms. The highest BCUT2D eigenvalue weighted by Crippen LogP contribution is 2.16. The average molecular weight is 269 g/mol. The fourth-order valence-electron chi connectivity index (χ4n) is 2.77. The minimum atomic E-state index is 0.00940. The van der Waals surface area contributed by atoms with Crippen LogP contribution in [0.5, 0.6) is 0 Å². The molecule has 2 atom stereocenters. The van der Waals surface area contributed by atoms with Crippen LogP contribution in [-0.2, 0) is 4.79 Å². The zero-order chi connectivity index (χ0) is 14.4. The van der Waals surface area contributed by atoms with Crippen molar-refractivity contribution >= 4 is 5.91 Å². The smallest absolute Gasteiger partial charge is 0.227 e. The summed E-state index contributed by atoms with van der Waals surface area (Å²) in [6.45, 7) is 13.0. The van der Waals surface area contributed by atoms with Crippen LogP contribution in [0.1, 0.15) is 40.5 Å². The maximum Gasteiger partial charge on any atom is 0.227 e. The summed E-state index contributed by atoms with van der Waals surface area (Å²) in [5.74, 6) is 0.800. The first-order valence-electron chi connectivity index (χ1n) is 7.72. The lowest BCUT2D eigenvalue weighted by molar-refractivity contribution is -0.137.